The van der Waals surface area contributed by atoms with E-state index >= 15 is 0 Å². The fourth-order valence-corrected chi connectivity index (χ4v) is 2.19. The van der Waals surface area contributed by atoms with Crippen LogP contribution in [0, 0.1) is 5.82 Å². The van der Waals surface area contributed by atoms with E-state index in [-0.39, 0.29) is 18.2 Å². The molecule has 122 valence electrons. The van der Waals surface area contributed by atoms with Crippen molar-refractivity contribution in [2.75, 3.05) is 5.32 Å². The third-order valence-corrected chi connectivity index (χ3v) is 3.40. The van der Waals surface area contributed by atoms with Crippen LogP contribution in [-0.2, 0) is 6.61 Å². The molecule has 3 rings (SSSR count). The minimum Gasteiger partial charge on any atom is -0.486 e. The Bertz CT molecular complexity index is 845. The highest BCUT2D eigenvalue weighted by molar-refractivity contribution is 6.30. The second-order valence-corrected chi connectivity index (χ2v) is 5.41. The molecule has 0 saturated heterocycles. The van der Waals surface area contributed by atoms with Gasteiger partial charge in [0, 0.05) is 10.7 Å². The van der Waals surface area contributed by atoms with Crippen molar-refractivity contribution in [3.63, 3.8) is 0 Å². The smallest absolute Gasteiger partial charge is 0.291 e. The Morgan fingerprint density at radius 2 is 1.92 bits per heavy atom. The first kappa shape index (κ1) is 16.1. The van der Waals surface area contributed by atoms with Gasteiger partial charge in [-0.15, -0.1) is 0 Å². The number of halogens is 2. The highest BCUT2D eigenvalue weighted by Crippen LogP contribution is 2.19. The first-order valence-corrected chi connectivity index (χ1v) is 7.52. The van der Waals surface area contributed by atoms with E-state index in [2.05, 4.69) is 5.32 Å². The number of ether oxygens (including phenoxy) is 1. The Morgan fingerprint density at radius 3 is 2.67 bits per heavy atom. The van der Waals surface area contributed by atoms with Crippen molar-refractivity contribution in [1.82, 2.24) is 0 Å². The first-order chi connectivity index (χ1) is 11.6. The van der Waals surface area contributed by atoms with Crippen LogP contribution in [0.4, 0.5) is 10.1 Å². The van der Waals surface area contributed by atoms with Crippen LogP contribution < -0.4 is 10.1 Å². The lowest BCUT2D eigenvalue weighted by Gasteiger charge is -2.04. The lowest BCUT2D eigenvalue weighted by molar-refractivity contribution is 0.0992. The van der Waals surface area contributed by atoms with Gasteiger partial charge in [0.2, 0.25) is 0 Å². The minimum absolute atomic E-state index is 0.143. The van der Waals surface area contributed by atoms with Crippen LogP contribution in [0.1, 0.15) is 16.3 Å². The number of hydrogen-bond donors (Lipinski definition) is 1. The monoisotopic (exact) mass is 345 g/mol. The number of anilines is 1. The Labute approximate surface area is 142 Å². The molecule has 3 aromatic rings. The summed E-state index contributed by atoms with van der Waals surface area (Å²) >= 11 is 5.88. The topological polar surface area (TPSA) is 51.5 Å². The molecule has 0 saturated carbocycles. The van der Waals surface area contributed by atoms with E-state index < -0.39 is 5.91 Å². The molecule has 0 aliphatic rings. The van der Waals surface area contributed by atoms with Crippen LogP contribution in [-0.4, -0.2) is 5.91 Å². The van der Waals surface area contributed by atoms with Crippen LogP contribution in [0.25, 0.3) is 0 Å². The molecule has 0 spiro atoms. The van der Waals surface area contributed by atoms with Crippen molar-refractivity contribution in [3.8, 4) is 5.75 Å². The van der Waals surface area contributed by atoms with Crippen molar-refractivity contribution in [2.45, 2.75) is 6.61 Å². The van der Waals surface area contributed by atoms with Crippen molar-refractivity contribution < 1.29 is 18.3 Å². The summed E-state index contributed by atoms with van der Waals surface area (Å²) in [7, 11) is 0. The predicted octanol–water partition coefficient (Wildman–Crippen LogP) is 4.90. The molecule has 0 radical (unpaired) electrons. The standard InChI is InChI=1S/C18H13ClFNO3/c19-12-2-1-3-15(10-12)23-11-16-8-9-17(24-16)18(22)21-14-6-4-13(20)5-7-14/h1-10H,11H2,(H,21,22). The Morgan fingerprint density at radius 1 is 1.12 bits per heavy atom. The van der Waals surface area contributed by atoms with Crippen molar-refractivity contribution in [1.29, 1.82) is 0 Å². The molecule has 1 aromatic heterocycles. The zero-order valence-corrected chi connectivity index (χ0v) is 13.2. The molecule has 1 N–H and O–H groups in total. The van der Waals surface area contributed by atoms with Crippen LogP contribution in [0.15, 0.2) is 65.1 Å². The summed E-state index contributed by atoms with van der Waals surface area (Å²) in [6.07, 6.45) is 0. The normalized spacial score (nSPS) is 10.4. The number of nitrogens with one attached hydrogen (secondary N) is 1. The molecule has 0 bridgehead atoms. The van der Waals surface area contributed by atoms with Gasteiger partial charge in [0.25, 0.3) is 5.91 Å². The summed E-state index contributed by atoms with van der Waals surface area (Å²) < 4.78 is 23.8. The van der Waals surface area contributed by atoms with Gasteiger partial charge in [-0.1, -0.05) is 17.7 Å². The number of hydrogen-bond acceptors (Lipinski definition) is 3. The summed E-state index contributed by atoms with van der Waals surface area (Å²) in [5.74, 6) is 0.460. The molecule has 0 aliphatic heterocycles. The third-order valence-electron chi connectivity index (χ3n) is 3.16. The number of carbonyl (C=O) groups excluding carboxylic acids is 1. The number of furan rings is 1. The number of carbonyl (C=O) groups is 1. The minimum atomic E-state index is -0.421. The van der Waals surface area contributed by atoms with Gasteiger partial charge in [0.15, 0.2) is 5.76 Å². The summed E-state index contributed by atoms with van der Waals surface area (Å²) in [6, 6.07) is 15.7. The Kier molecular flexibility index (Phi) is 4.82. The van der Waals surface area contributed by atoms with E-state index in [4.69, 9.17) is 20.8 Å². The molecule has 6 heteroatoms. The quantitative estimate of drug-likeness (QED) is 0.715. The lowest BCUT2D eigenvalue weighted by atomic mass is 10.3. The van der Waals surface area contributed by atoms with Crippen LogP contribution in [0.5, 0.6) is 5.75 Å². The molecule has 0 aliphatic carbocycles. The zero-order valence-electron chi connectivity index (χ0n) is 12.5. The molecular weight excluding hydrogens is 333 g/mol. The van der Waals surface area contributed by atoms with Crippen molar-refractivity contribution in [2.24, 2.45) is 0 Å². The van der Waals surface area contributed by atoms with Gasteiger partial charge in [0.1, 0.15) is 23.9 Å². The maximum Gasteiger partial charge on any atom is 0.291 e. The molecule has 1 amide bonds. The average Bonchev–Trinajstić information content (AvgIpc) is 3.04. The van der Waals surface area contributed by atoms with E-state index in [1.165, 1.54) is 24.3 Å². The summed E-state index contributed by atoms with van der Waals surface area (Å²) in [4.78, 5) is 12.1. The molecule has 2 aromatic carbocycles. The van der Waals surface area contributed by atoms with Gasteiger partial charge in [0.05, 0.1) is 0 Å². The van der Waals surface area contributed by atoms with Gasteiger partial charge in [-0.25, -0.2) is 4.39 Å². The Hall–Kier alpha value is -2.79. The summed E-state index contributed by atoms with van der Waals surface area (Å²) in [5, 5.41) is 3.20. The molecular formula is C18H13ClFNO3. The zero-order chi connectivity index (χ0) is 16.9. The summed E-state index contributed by atoms with van der Waals surface area (Å²) in [5.41, 5.74) is 0.481. The molecule has 0 fully saturated rings. The molecule has 0 unspecified atom stereocenters. The average molecular weight is 346 g/mol. The van der Waals surface area contributed by atoms with E-state index in [1.54, 1.807) is 36.4 Å². The maximum absolute atomic E-state index is 12.8. The van der Waals surface area contributed by atoms with E-state index in [1.807, 2.05) is 0 Å². The van der Waals surface area contributed by atoms with Crippen LogP contribution in [0.2, 0.25) is 5.02 Å². The van der Waals surface area contributed by atoms with Gasteiger partial charge in [-0.05, 0) is 54.6 Å². The number of amides is 1. The fourth-order valence-electron chi connectivity index (χ4n) is 2.01. The lowest BCUT2D eigenvalue weighted by Crippen LogP contribution is -2.10. The second kappa shape index (κ2) is 7.19. The fraction of sp³-hybridized carbons (Fsp3) is 0.0556. The first-order valence-electron chi connectivity index (χ1n) is 7.14. The molecule has 4 nitrogen and oxygen atoms in total. The van der Waals surface area contributed by atoms with Gasteiger partial charge in [-0.3, -0.25) is 4.79 Å². The highest BCUT2D eigenvalue weighted by Gasteiger charge is 2.12. The second-order valence-electron chi connectivity index (χ2n) is 4.97. The SMILES string of the molecule is O=C(Nc1ccc(F)cc1)c1ccc(COc2cccc(Cl)c2)o1. The van der Waals surface area contributed by atoms with Gasteiger partial charge >= 0.3 is 0 Å². The number of benzene rings is 2. The molecule has 24 heavy (non-hydrogen) atoms. The largest absolute Gasteiger partial charge is 0.486 e. The van der Waals surface area contributed by atoms with Crippen molar-refractivity contribution in [3.05, 3.63) is 83.0 Å². The van der Waals surface area contributed by atoms with Crippen LogP contribution >= 0.6 is 11.6 Å². The van der Waals surface area contributed by atoms with Gasteiger partial charge < -0.3 is 14.5 Å². The van der Waals surface area contributed by atoms with E-state index in [0.29, 0.717) is 22.2 Å². The predicted molar refractivity (Wildman–Crippen MR) is 88.8 cm³/mol. The van der Waals surface area contributed by atoms with Crippen molar-refractivity contribution >= 4 is 23.2 Å². The van der Waals surface area contributed by atoms with E-state index in [0.717, 1.165) is 0 Å². The third kappa shape index (κ3) is 4.14. The Balaban J connectivity index is 1.60. The molecule has 1 heterocycles. The van der Waals surface area contributed by atoms with Gasteiger partial charge in [-0.2, -0.15) is 0 Å². The maximum atomic E-state index is 12.8. The van der Waals surface area contributed by atoms with Crippen LogP contribution in [0.3, 0.4) is 0 Å². The molecule has 0 atom stereocenters. The highest BCUT2D eigenvalue weighted by atomic mass is 35.5. The number of rotatable bonds is 5. The van der Waals surface area contributed by atoms with E-state index in [9.17, 15) is 9.18 Å². The summed E-state index contributed by atoms with van der Waals surface area (Å²) in [6.45, 7) is 0.171.